The maximum Gasteiger partial charge on any atom is 0.0960 e. The second-order valence-electron chi connectivity index (χ2n) is 4.01. The summed E-state index contributed by atoms with van der Waals surface area (Å²) in [6.07, 6.45) is 3.27. The molecule has 78 valence electrons. The average Bonchev–Trinajstić information content (AvgIpc) is 2.61. The van der Waals surface area contributed by atoms with Crippen molar-refractivity contribution in [2.45, 2.75) is 19.4 Å². The fourth-order valence-corrected chi connectivity index (χ4v) is 1.63. The molecule has 1 heterocycles. The Balaban J connectivity index is 2.62. The van der Waals surface area contributed by atoms with E-state index in [2.05, 4.69) is 10.3 Å². The van der Waals surface area contributed by atoms with Gasteiger partial charge >= 0.3 is 0 Å². The highest BCUT2D eigenvalue weighted by molar-refractivity contribution is 5.80. The van der Waals surface area contributed by atoms with Crippen molar-refractivity contribution in [3.05, 3.63) is 30.5 Å². The zero-order valence-electron chi connectivity index (χ0n) is 8.75. The third-order valence-corrected chi connectivity index (χ3v) is 2.40. The van der Waals surface area contributed by atoms with Gasteiger partial charge in [0, 0.05) is 5.39 Å². The summed E-state index contributed by atoms with van der Waals surface area (Å²) in [7, 11) is 0. The molecule has 0 saturated heterocycles. The fraction of sp³-hybridized carbons (Fsp3) is 0.273. The number of hydrogen-bond donors (Lipinski definition) is 1. The van der Waals surface area contributed by atoms with Gasteiger partial charge in [-0.3, -0.25) is 4.68 Å². The maximum atomic E-state index is 8.60. The summed E-state index contributed by atoms with van der Waals surface area (Å²) >= 11 is 0. The summed E-state index contributed by atoms with van der Waals surface area (Å²) < 4.78 is 1.84. The first-order valence-corrected chi connectivity index (χ1v) is 4.77. The smallest absolute Gasteiger partial charge is 0.0960 e. The lowest BCUT2D eigenvalue weighted by Gasteiger charge is -2.20. The van der Waals surface area contributed by atoms with Gasteiger partial charge in [0.1, 0.15) is 0 Å². The van der Waals surface area contributed by atoms with Gasteiger partial charge in [-0.2, -0.15) is 5.10 Å². The normalized spacial score (nSPS) is 12.7. The first-order chi connectivity index (χ1) is 7.15. The summed E-state index contributed by atoms with van der Waals surface area (Å²) in [5, 5.41) is 17.1. The lowest BCUT2D eigenvalue weighted by atomic mass is 10.1. The second-order valence-corrected chi connectivity index (χ2v) is 4.01. The molecule has 1 aromatic heterocycles. The summed E-state index contributed by atoms with van der Waals surface area (Å²) in [6.45, 7) is 3.87. The van der Waals surface area contributed by atoms with Crippen LogP contribution < -0.4 is 0 Å². The second kappa shape index (κ2) is 3.38. The van der Waals surface area contributed by atoms with E-state index >= 15 is 0 Å². The van der Waals surface area contributed by atoms with E-state index in [0.29, 0.717) is 0 Å². The molecule has 4 heteroatoms. The van der Waals surface area contributed by atoms with Crippen LogP contribution >= 0.6 is 0 Å². The van der Waals surface area contributed by atoms with Crippen LogP contribution in [-0.4, -0.2) is 21.2 Å². The molecule has 0 aliphatic rings. The Hall–Kier alpha value is -1.84. The molecule has 0 aliphatic carbocycles. The SMILES string of the molecule is CC(C)(C=NO)n1ncc2ccccc21. The van der Waals surface area contributed by atoms with Crippen LogP contribution in [0.5, 0.6) is 0 Å². The van der Waals surface area contributed by atoms with Crippen molar-refractivity contribution < 1.29 is 5.21 Å². The topological polar surface area (TPSA) is 50.4 Å². The zero-order valence-corrected chi connectivity index (χ0v) is 8.75. The van der Waals surface area contributed by atoms with E-state index in [-0.39, 0.29) is 0 Å². The van der Waals surface area contributed by atoms with Crippen LogP contribution in [0.25, 0.3) is 10.9 Å². The molecular weight excluding hydrogens is 190 g/mol. The molecule has 0 radical (unpaired) electrons. The molecule has 2 aromatic rings. The Bertz CT molecular complexity index is 499. The Kier molecular flexibility index (Phi) is 2.19. The van der Waals surface area contributed by atoms with Crippen molar-refractivity contribution in [3.8, 4) is 0 Å². The van der Waals surface area contributed by atoms with Crippen LogP contribution in [0.4, 0.5) is 0 Å². The van der Waals surface area contributed by atoms with Crippen LogP contribution in [0.3, 0.4) is 0 Å². The number of nitrogens with zero attached hydrogens (tertiary/aromatic N) is 3. The number of benzene rings is 1. The van der Waals surface area contributed by atoms with E-state index in [4.69, 9.17) is 5.21 Å². The summed E-state index contributed by atoms with van der Waals surface area (Å²) in [5.74, 6) is 0. The third kappa shape index (κ3) is 1.58. The van der Waals surface area contributed by atoms with Gasteiger partial charge in [-0.1, -0.05) is 23.4 Å². The minimum atomic E-state index is -0.433. The first-order valence-electron chi connectivity index (χ1n) is 4.77. The maximum absolute atomic E-state index is 8.60. The average molecular weight is 203 g/mol. The van der Waals surface area contributed by atoms with Gasteiger partial charge in [0.25, 0.3) is 0 Å². The highest BCUT2D eigenvalue weighted by atomic mass is 16.4. The van der Waals surface area contributed by atoms with Crippen molar-refractivity contribution in [1.82, 2.24) is 9.78 Å². The molecule has 0 unspecified atom stereocenters. The molecule has 0 fully saturated rings. The molecule has 4 nitrogen and oxygen atoms in total. The number of oxime groups is 1. The van der Waals surface area contributed by atoms with Gasteiger partial charge < -0.3 is 5.21 Å². The Morgan fingerprint density at radius 3 is 2.87 bits per heavy atom. The molecule has 0 saturated carbocycles. The zero-order chi connectivity index (χ0) is 10.9. The van der Waals surface area contributed by atoms with Crippen molar-refractivity contribution in [1.29, 1.82) is 0 Å². The summed E-state index contributed by atoms with van der Waals surface area (Å²) in [5.41, 5.74) is 0.597. The predicted octanol–water partition coefficient (Wildman–Crippen LogP) is 2.23. The minimum Gasteiger partial charge on any atom is -0.411 e. The van der Waals surface area contributed by atoms with Crippen molar-refractivity contribution in [2.75, 3.05) is 0 Å². The van der Waals surface area contributed by atoms with Gasteiger partial charge in [-0.15, -0.1) is 0 Å². The molecular formula is C11H13N3O. The largest absolute Gasteiger partial charge is 0.411 e. The van der Waals surface area contributed by atoms with E-state index in [1.54, 1.807) is 0 Å². The van der Waals surface area contributed by atoms with Crippen LogP contribution in [0.2, 0.25) is 0 Å². The van der Waals surface area contributed by atoms with E-state index in [9.17, 15) is 0 Å². The molecule has 0 spiro atoms. The van der Waals surface area contributed by atoms with E-state index in [1.165, 1.54) is 6.21 Å². The van der Waals surface area contributed by atoms with Gasteiger partial charge in [0.2, 0.25) is 0 Å². The molecule has 0 amide bonds. The Labute approximate surface area is 87.8 Å². The van der Waals surface area contributed by atoms with E-state index < -0.39 is 5.54 Å². The van der Waals surface area contributed by atoms with Gasteiger partial charge in [0.15, 0.2) is 0 Å². The van der Waals surface area contributed by atoms with Crippen LogP contribution in [-0.2, 0) is 5.54 Å². The Morgan fingerprint density at radius 1 is 1.40 bits per heavy atom. The van der Waals surface area contributed by atoms with E-state index in [1.807, 2.05) is 49.0 Å². The van der Waals surface area contributed by atoms with Crippen LogP contribution in [0.15, 0.2) is 35.6 Å². The molecule has 0 atom stereocenters. The van der Waals surface area contributed by atoms with Gasteiger partial charge in [-0.25, -0.2) is 0 Å². The third-order valence-electron chi connectivity index (χ3n) is 2.40. The number of rotatable bonds is 2. The standard InChI is InChI=1S/C11H13N3O/c1-11(2,8-13-15)14-10-6-4-3-5-9(10)7-12-14/h3-8,15H,1-2H3. The minimum absolute atomic E-state index is 0.433. The van der Waals surface area contributed by atoms with Crippen molar-refractivity contribution in [2.24, 2.45) is 5.16 Å². The quantitative estimate of drug-likeness (QED) is 0.462. The van der Waals surface area contributed by atoms with Crippen molar-refractivity contribution >= 4 is 17.1 Å². The number of fused-ring (bicyclic) bond motifs is 1. The summed E-state index contributed by atoms with van der Waals surface area (Å²) in [4.78, 5) is 0. The number of para-hydroxylation sites is 1. The highest BCUT2D eigenvalue weighted by Crippen LogP contribution is 2.20. The van der Waals surface area contributed by atoms with E-state index in [0.717, 1.165) is 10.9 Å². The lowest BCUT2D eigenvalue weighted by Crippen LogP contribution is -2.28. The van der Waals surface area contributed by atoms with Gasteiger partial charge in [-0.05, 0) is 19.9 Å². The van der Waals surface area contributed by atoms with Gasteiger partial charge in [0.05, 0.1) is 23.5 Å². The summed E-state index contributed by atoms with van der Waals surface area (Å²) in [6, 6.07) is 7.94. The van der Waals surface area contributed by atoms with Crippen LogP contribution in [0, 0.1) is 0 Å². The first kappa shape index (κ1) is 9.71. The highest BCUT2D eigenvalue weighted by Gasteiger charge is 2.20. The Morgan fingerprint density at radius 2 is 2.13 bits per heavy atom. The molecule has 1 aromatic carbocycles. The molecule has 0 bridgehead atoms. The molecule has 2 rings (SSSR count). The fourth-order valence-electron chi connectivity index (χ4n) is 1.63. The molecule has 15 heavy (non-hydrogen) atoms. The number of hydrogen-bond acceptors (Lipinski definition) is 3. The predicted molar refractivity (Wildman–Crippen MR) is 59.3 cm³/mol. The molecule has 0 aliphatic heterocycles. The molecule has 1 N–H and O–H groups in total. The van der Waals surface area contributed by atoms with Crippen molar-refractivity contribution in [3.63, 3.8) is 0 Å². The number of aromatic nitrogens is 2. The monoisotopic (exact) mass is 203 g/mol. The lowest BCUT2D eigenvalue weighted by molar-refractivity contribution is 0.311. The van der Waals surface area contributed by atoms with Crippen LogP contribution in [0.1, 0.15) is 13.8 Å².